The Balaban J connectivity index is 2.43. The van der Waals surface area contributed by atoms with E-state index in [1.807, 2.05) is 0 Å². The van der Waals surface area contributed by atoms with Crippen molar-refractivity contribution in [1.82, 2.24) is 0 Å². The fourth-order valence-corrected chi connectivity index (χ4v) is 2.52. The Morgan fingerprint density at radius 3 is 2.67 bits per heavy atom. The first-order chi connectivity index (χ1) is 9.99. The standard InChI is InChI=1S/C16H10BClO3/c1-8-15(9-4-2-3-5-11(9)17)16(20)10-6-12(18)13(19)7-14(10)21-8/h2-7,19H,1H3. The van der Waals surface area contributed by atoms with Crippen molar-refractivity contribution in [3.05, 3.63) is 57.4 Å². The van der Waals surface area contributed by atoms with Crippen LogP contribution >= 0.6 is 11.6 Å². The lowest BCUT2D eigenvalue weighted by molar-refractivity contribution is 0.473. The molecular formula is C16H10BClO3. The number of aromatic hydroxyl groups is 1. The molecule has 3 nitrogen and oxygen atoms in total. The van der Waals surface area contributed by atoms with Crippen LogP contribution in [0.1, 0.15) is 5.76 Å². The maximum atomic E-state index is 12.7. The summed E-state index contributed by atoms with van der Waals surface area (Å²) in [5.41, 5.74) is 1.58. The summed E-state index contributed by atoms with van der Waals surface area (Å²) in [5, 5.41) is 10.0. The number of fused-ring (bicyclic) bond motifs is 1. The van der Waals surface area contributed by atoms with Gasteiger partial charge in [0.25, 0.3) is 0 Å². The third-order valence-corrected chi connectivity index (χ3v) is 3.67. The Bertz CT molecular complexity index is 915. The summed E-state index contributed by atoms with van der Waals surface area (Å²) in [6.45, 7) is 1.69. The van der Waals surface area contributed by atoms with E-state index >= 15 is 0 Å². The number of aryl methyl sites for hydroxylation is 1. The third-order valence-electron chi connectivity index (χ3n) is 3.37. The van der Waals surface area contributed by atoms with Crippen molar-refractivity contribution in [3.63, 3.8) is 0 Å². The largest absolute Gasteiger partial charge is 0.506 e. The third kappa shape index (κ3) is 2.22. The lowest BCUT2D eigenvalue weighted by Crippen LogP contribution is -2.14. The number of hydrogen-bond donors (Lipinski definition) is 1. The normalized spacial score (nSPS) is 11.0. The number of halogens is 1. The number of rotatable bonds is 1. The van der Waals surface area contributed by atoms with Crippen LogP contribution in [0.25, 0.3) is 22.1 Å². The first-order valence-corrected chi connectivity index (χ1v) is 6.67. The van der Waals surface area contributed by atoms with Crippen LogP contribution in [0.2, 0.25) is 5.02 Å². The predicted octanol–water partition coefficient (Wildman–Crippen LogP) is 2.92. The van der Waals surface area contributed by atoms with Crippen molar-refractivity contribution in [3.8, 4) is 16.9 Å². The van der Waals surface area contributed by atoms with Crippen LogP contribution in [-0.4, -0.2) is 13.0 Å². The quantitative estimate of drug-likeness (QED) is 0.702. The number of phenols is 1. The Morgan fingerprint density at radius 2 is 1.95 bits per heavy atom. The minimum absolute atomic E-state index is 0.102. The molecule has 5 heteroatoms. The second kappa shape index (κ2) is 4.97. The van der Waals surface area contributed by atoms with Crippen LogP contribution in [0.5, 0.6) is 5.75 Å². The zero-order valence-corrected chi connectivity index (χ0v) is 11.9. The molecule has 1 aromatic heterocycles. The van der Waals surface area contributed by atoms with E-state index in [2.05, 4.69) is 0 Å². The maximum absolute atomic E-state index is 12.7. The Labute approximate surface area is 127 Å². The highest BCUT2D eigenvalue weighted by atomic mass is 35.5. The first-order valence-electron chi connectivity index (χ1n) is 6.30. The minimum Gasteiger partial charge on any atom is -0.506 e. The van der Waals surface area contributed by atoms with E-state index in [0.717, 1.165) is 0 Å². The average Bonchev–Trinajstić information content (AvgIpc) is 2.43. The second-order valence-electron chi connectivity index (χ2n) is 4.75. The molecule has 3 rings (SSSR count). The van der Waals surface area contributed by atoms with Gasteiger partial charge in [0.1, 0.15) is 24.9 Å². The molecule has 0 aliphatic rings. The minimum atomic E-state index is -0.228. The van der Waals surface area contributed by atoms with Gasteiger partial charge in [0.05, 0.1) is 16.0 Å². The zero-order chi connectivity index (χ0) is 15.1. The number of hydrogen-bond acceptors (Lipinski definition) is 3. The maximum Gasteiger partial charge on any atom is 0.200 e. The summed E-state index contributed by atoms with van der Waals surface area (Å²) in [5.74, 6) is 0.311. The molecule has 0 atom stereocenters. The van der Waals surface area contributed by atoms with E-state index in [1.54, 1.807) is 31.2 Å². The molecule has 0 fully saturated rings. The summed E-state index contributed by atoms with van der Waals surface area (Å²) in [4.78, 5) is 12.7. The molecule has 0 bridgehead atoms. The highest BCUT2D eigenvalue weighted by Gasteiger charge is 2.16. The van der Waals surface area contributed by atoms with Gasteiger partial charge in [-0.25, -0.2) is 0 Å². The smallest absolute Gasteiger partial charge is 0.200 e. The molecule has 0 aliphatic carbocycles. The van der Waals surface area contributed by atoms with Gasteiger partial charge in [0, 0.05) is 6.07 Å². The molecule has 102 valence electrons. The van der Waals surface area contributed by atoms with Crippen molar-refractivity contribution in [2.75, 3.05) is 0 Å². The zero-order valence-electron chi connectivity index (χ0n) is 11.2. The Hall–Kier alpha value is -2.20. The summed E-state index contributed by atoms with van der Waals surface area (Å²) >= 11 is 5.87. The molecule has 0 amide bonds. The van der Waals surface area contributed by atoms with Gasteiger partial charge in [-0.15, -0.1) is 0 Å². The molecule has 0 saturated carbocycles. The van der Waals surface area contributed by atoms with Crippen LogP contribution in [0, 0.1) is 6.92 Å². The van der Waals surface area contributed by atoms with Crippen molar-refractivity contribution >= 4 is 35.9 Å². The molecule has 3 aromatic rings. The highest BCUT2D eigenvalue weighted by molar-refractivity contribution is 6.36. The highest BCUT2D eigenvalue weighted by Crippen LogP contribution is 2.30. The molecule has 0 aliphatic heterocycles. The molecule has 0 unspecified atom stereocenters. The second-order valence-corrected chi connectivity index (χ2v) is 5.16. The van der Waals surface area contributed by atoms with Gasteiger partial charge in [0.15, 0.2) is 0 Å². The molecular weight excluding hydrogens is 286 g/mol. The molecule has 0 saturated heterocycles. The molecule has 0 spiro atoms. The Morgan fingerprint density at radius 1 is 1.24 bits per heavy atom. The van der Waals surface area contributed by atoms with E-state index < -0.39 is 0 Å². The monoisotopic (exact) mass is 296 g/mol. The van der Waals surface area contributed by atoms with Gasteiger partial charge in [-0.1, -0.05) is 41.3 Å². The van der Waals surface area contributed by atoms with Gasteiger partial charge in [0.2, 0.25) is 5.43 Å². The molecule has 1 heterocycles. The van der Waals surface area contributed by atoms with Crippen molar-refractivity contribution < 1.29 is 9.52 Å². The van der Waals surface area contributed by atoms with E-state index in [1.165, 1.54) is 12.1 Å². The van der Waals surface area contributed by atoms with Crippen molar-refractivity contribution in [2.24, 2.45) is 0 Å². The van der Waals surface area contributed by atoms with E-state index in [9.17, 15) is 9.90 Å². The average molecular weight is 297 g/mol. The summed E-state index contributed by atoms with van der Waals surface area (Å²) in [6.07, 6.45) is 0. The molecule has 2 radical (unpaired) electrons. The SMILES string of the molecule is [B]c1ccccc1-c1c(C)oc2cc(O)c(Cl)cc2c1=O. The molecule has 2 aromatic carbocycles. The van der Waals surface area contributed by atoms with Gasteiger partial charge in [-0.2, -0.15) is 0 Å². The van der Waals surface area contributed by atoms with Crippen LogP contribution in [0.4, 0.5) is 0 Å². The molecule has 1 N–H and O–H groups in total. The van der Waals surface area contributed by atoms with Crippen LogP contribution in [0.15, 0.2) is 45.6 Å². The summed E-state index contributed by atoms with van der Waals surface area (Å²) in [6, 6.07) is 9.83. The van der Waals surface area contributed by atoms with Crippen LogP contribution in [0.3, 0.4) is 0 Å². The van der Waals surface area contributed by atoms with E-state index in [0.29, 0.717) is 27.7 Å². The fraction of sp³-hybridized carbons (Fsp3) is 0.0625. The summed E-state index contributed by atoms with van der Waals surface area (Å²) in [7, 11) is 5.94. The topological polar surface area (TPSA) is 50.4 Å². The van der Waals surface area contributed by atoms with Crippen molar-refractivity contribution in [2.45, 2.75) is 6.92 Å². The first kappa shape index (κ1) is 13.8. The van der Waals surface area contributed by atoms with Gasteiger partial charge in [-0.3, -0.25) is 4.79 Å². The van der Waals surface area contributed by atoms with Gasteiger partial charge < -0.3 is 9.52 Å². The fourth-order valence-electron chi connectivity index (χ4n) is 2.35. The van der Waals surface area contributed by atoms with E-state index in [-0.39, 0.29) is 21.8 Å². The van der Waals surface area contributed by atoms with Gasteiger partial charge >= 0.3 is 0 Å². The van der Waals surface area contributed by atoms with Gasteiger partial charge in [-0.05, 0) is 18.6 Å². The lowest BCUT2D eigenvalue weighted by atomic mass is 9.86. The van der Waals surface area contributed by atoms with Crippen molar-refractivity contribution in [1.29, 1.82) is 0 Å². The Kier molecular flexibility index (Phi) is 3.26. The van der Waals surface area contributed by atoms with Crippen LogP contribution in [-0.2, 0) is 0 Å². The lowest BCUT2D eigenvalue weighted by Gasteiger charge is -2.10. The number of phenolic OH excluding ortho intramolecular Hbond substituents is 1. The predicted molar refractivity (Wildman–Crippen MR) is 84.7 cm³/mol. The van der Waals surface area contributed by atoms with E-state index in [4.69, 9.17) is 23.9 Å². The molecule has 21 heavy (non-hydrogen) atoms. The van der Waals surface area contributed by atoms with Crippen LogP contribution < -0.4 is 10.9 Å². The summed E-state index contributed by atoms with van der Waals surface area (Å²) < 4.78 is 5.64. The number of benzene rings is 2.